The molecular weight excluding hydrogens is 381 g/mol. The molecule has 0 fully saturated rings. The van der Waals surface area contributed by atoms with E-state index < -0.39 is 18.5 Å². The van der Waals surface area contributed by atoms with Gasteiger partial charge in [0, 0.05) is 28.2 Å². The van der Waals surface area contributed by atoms with E-state index in [2.05, 4.69) is 5.32 Å². The molecule has 2 aromatic rings. The van der Waals surface area contributed by atoms with Crippen molar-refractivity contribution in [2.75, 3.05) is 25.1 Å². The van der Waals surface area contributed by atoms with E-state index >= 15 is 0 Å². The number of ether oxygens (including phenoxy) is 3. The maximum atomic E-state index is 12.0. The minimum Gasteiger partial charge on any atom is -0.490 e. The highest BCUT2D eigenvalue weighted by Gasteiger charge is 2.14. The molecule has 3 rings (SSSR count). The predicted molar refractivity (Wildman–Crippen MR) is 97.4 cm³/mol. The first-order chi connectivity index (χ1) is 12.5. The number of anilines is 1. The monoisotopic (exact) mass is 395 g/mol. The Labute approximate surface area is 159 Å². The van der Waals surface area contributed by atoms with Crippen molar-refractivity contribution in [2.24, 2.45) is 0 Å². The predicted octanol–water partition coefficient (Wildman–Crippen LogP) is 3.95. The number of rotatable bonds is 4. The Balaban J connectivity index is 1.57. The van der Waals surface area contributed by atoms with Gasteiger partial charge in [0.1, 0.15) is 0 Å². The van der Waals surface area contributed by atoms with Crippen LogP contribution in [0.2, 0.25) is 10.0 Å². The fourth-order valence-corrected chi connectivity index (χ4v) is 2.85. The van der Waals surface area contributed by atoms with Gasteiger partial charge in [0.2, 0.25) is 0 Å². The minimum atomic E-state index is -0.691. The Bertz CT molecular complexity index is 820. The van der Waals surface area contributed by atoms with Crippen LogP contribution in [0.15, 0.2) is 36.4 Å². The molecule has 1 aliphatic rings. The molecule has 2 aromatic carbocycles. The van der Waals surface area contributed by atoms with E-state index in [1.165, 1.54) is 18.2 Å². The molecule has 0 saturated heterocycles. The molecule has 6 nitrogen and oxygen atoms in total. The topological polar surface area (TPSA) is 73.9 Å². The molecule has 136 valence electrons. The zero-order chi connectivity index (χ0) is 18.5. The lowest BCUT2D eigenvalue weighted by Crippen LogP contribution is -2.21. The van der Waals surface area contributed by atoms with Crippen LogP contribution in [0.1, 0.15) is 16.8 Å². The normalized spacial score (nSPS) is 12.8. The summed E-state index contributed by atoms with van der Waals surface area (Å²) in [5, 5.41) is 3.25. The third-order valence-electron chi connectivity index (χ3n) is 3.46. The lowest BCUT2D eigenvalue weighted by atomic mass is 10.2. The Morgan fingerprint density at radius 2 is 1.69 bits per heavy atom. The van der Waals surface area contributed by atoms with Crippen LogP contribution in [0.25, 0.3) is 0 Å². The SMILES string of the molecule is O=C(COC(=O)c1cc(Cl)cc(Cl)c1)Nc1ccc2c(c1)OCCCO2. The molecule has 0 aromatic heterocycles. The molecule has 1 heterocycles. The van der Waals surface area contributed by atoms with Crippen LogP contribution in [0.3, 0.4) is 0 Å². The Hall–Kier alpha value is -2.44. The summed E-state index contributed by atoms with van der Waals surface area (Å²) in [7, 11) is 0. The van der Waals surface area contributed by atoms with E-state index in [-0.39, 0.29) is 5.56 Å². The second-order valence-electron chi connectivity index (χ2n) is 5.49. The molecule has 0 aliphatic carbocycles. The van der Waals surface area contributed by atoms with Crippen LogP contribution in [0.5, 0.6) is 11.5 Å². The number of nitrogens with one attached hydrogen (secondary N) is 1. The van der Waals surface area contributed by atoms with Crippen molar-refractivity contribution in [1.29, 1.82) is 0 Å². The van der Waals surface area contributed by atoms with E-state index in [4.69, 9.17) is 37.4 Å². The number of carbonyl (C=O) groups excluding carboxylic acids is 2. The van der Waals surface area contributed by atoms with Gasteiger partial charge in [-0.05, 0) is 30.3 Å². The number of fused-ring (bicyclic) bond motifs is 1. The lowest BCUT2D eigenvalue weighted by Gasteiger charge is -2.11. The van der Waals surface area contributed by atoms with Crippen molar-refractivity contribution in [3.63, 3.8) is 0 Å². The number of amides is 1. The second kappa shape index (κ2) is 8.29. The molecule has 0 radical (unpaired) electrons. The largest absolute Gasteiger partial charge is 0.490 e. The van der Waals surface area contributed by atoms with Gasteiger partial charge in [0.25, 0.3) is 5.91 Å². The van der Waals surface area contributed by atoms with E-state index in [1.54, 1.807) is 18.2 Å². The molecule has 0 saturated carbocycles. The highest BCUT2D eigenvalue weighted by Crippen LogP contribution is 2.32. The van der Waals surface area contributed by atoms with Crippen molar-refractivity contribution in [3.8, 4) is 11.5 Å². The number of hydrogen-bond acceptors (Lipinski definition) is 5. The summed E-state index contributed by atoms with van der Waals surface area (Å²) in [6.07, 6.45) is 0.792. The standard InChI is InChI=1S/C18H15Cl2NO5/c19-12-6-11(7-13(20)8-12)18(23)26-10-17(22)21-14-2-3-15-16(9-14)25-5-1-4-24-15/h2-3,6-9H,1,4-5,10H2,(H,21,22). The number of hydrogen-bond donors (Lipinski definition) is 1. The van der Waals surface area contributed by atoms with Gasteiger partial charge >= 0.3 is 5.97 Å². The summed E-state index contributed by atoms with van der Waals surface area (Å²) in [6.45, 7) is 0.684. The van der Waals surface area contributed by atoms with Crippen LogP contribution in [-0.2, 0) is 9.53 Å². The maximum Gasteiger partial charge on any atom is 0.338 e. The first-order valence-corrected chi connectivity index (χ1v) is 8.59. The smallest absolute Gasteiger partial charge is 0.338 e. The molecule has 1 N–H and O–H groups in total. The molecule has 0 atom stereocenters. The Morgan fingerprint density at radius 1 is 1.00 bits per heavy atom. The quantitative estimate of drug-likeness (QED) is 0.793. The Morgan fingerprint density at radius 3 is 2.42 bits per heavy atom. The van der Waals surface area contributed by atoms with Crippen molar-refractivity contribution < 1.29 is 23.8 Å². The van der Waals surface area contributed by atoms with Crippen LogP contribution < -0.4 is 14.8 Å². The summed E-state index contributed by atoms with van der Waals surface area (Å²) in [4.78, 5) is 24.0. The molecule has 1 aliphatic heterocycles. The third-order valence-corrected chi connectivity index (χ3v) is 3.90. The number of carbonyl (C=O) groups is 2. The van der Waals surface area contributed by atoms with E-state index in [0.717, 1.165) is 6.42 Å². The maximum absolute atomic E-state index is 12.0. The van der Waals surface area contributed by atoms with Crippen molar-refractivity contribution in [1.82, 2.24) is 0 Å². The van der Waals surface area contributed by atoms with Gasteiger partial charge < -0.3 is 19.5 Å². The van der Waals surface area contributed by atoms with E-state index in [9.17, 15) is 9.59 Å². The van der Waals surface area contributed by atoms with Crippen LogP contribution in [-0.4, -0.2) is 31.7 Å². The fourth-order valence-electron chi connectivity index (χ4n) is 2.32. The van der Waals surface area contributed by atoms with Gasteiger partial charge in [-0.2, -0.15) is 0 Å². The highest BCUT2D eigenvalue weighted by molar-refractivity contribution is 6.35. The summed E-state index contributed by atoms with van der Waals surface area (Å²) < 4.78 is 16.1. The summed E-state index contributed by atoms with van der Waals surface area (Å²) in [5.74, 6) is 0.0137. The van der Waals surface area contributed by atoms with Crippen molar-refractivity contribution in [3.05, 3.63) is 52.0 Å². The third kappa shape index (κ3) is 4.80. The number of esters is 1. The van der Waals surface area contributed by atoms with Crippen molar-refractivity contribution in [2.45, 2.75) is 6.42 Å². The first kappa shape index (κ1) is 18.4. The summed E-state index contributed by atoms with van der Waals surface area (Å²) in [5.41, 5.74) is 0.687. The van der Waals surface area contributed by atoms with Gasteiger partial charge in [0.15, 0.2) is 18.1 Å². The van der Waals surface area contributed by atoms with Gasteiger partial charge in [-0.15, -0.1) is 0 Å². The average molecular weight is 396 g/mol. The van der Waals surface area contributed by atoms with E-state index in [1.807, 2.05) is 0 Å². The van der Waals surface area contributed by atoms with Crippen LogP contribution >= 0.6 is 23.2 Å². The average Bonchev–Trinajstić information content (AvgIpc) is 2.83. The molecule has 0 spiro atoms. The molecule has 8 heteroatoms. The zero-order valence-corrected chi connectivity index (χ0v) is 15.1. The van der Waals surface area contributed by atoms with E-state index in [0.29, 0.717) is 40.4 Å². The van der Waals surface area contributed by atoms with Gasteiger partial charge in [-0.3, -0.25) is 4.79 Å². The first-order valence-electron chi connectivity index (χ1n) is 7.84. The second-order valence-corrected chi connectivity index (χ2v) is 6.37. The van der Waals surface area contributed by atoms with Crippen LogP contribution in [0.4, 0.5) is 5.69 Å². The molecule has 26 heavy (non-hydrogen) atoms. The van der Waals surface area contributed by atoms with Gasteiger partial charge in [-0.25, -0.2) is 4.79 Å². The van der Waals surface area contributed by atoms with Crippen LogP contribution in [0, 0.1) is 0 Å². The summed E-state index contributed by atoms with van der Waals surface area (Å²) >= 11 is 11.7. The summed E-state index contributed by atoms with van der Waals surface area (Å²) in [6, 6.07) is 9.39. The Kier molecular flexibility index (Phi) is 5.85. The zero-order valence-electron chi connectivity index (χ0n) is 13.6. The van der Waals surface area contributed by atoms with Gasteiger partial charge in [-0.1, -0.05) is 23.2 Å². The highest BCUT2D eigenvalue weighted by atomic mass is 35.5. The number of halogens is 2. The van der Waals surface area contributed by atoms with Gasteiger partial charge in [0.05, 0.1) is 18.8 Å². The molecule has 0 bridgehead atoms. The molecule has 0 unspecified atom stereocenters. The number of benzene rings is 2. The minimum absolute atomic E-state index is 0.172. The van der Waals surface area contributed by atoms with Crippen molar-refractivity contribution >= 4 is 40.8 Å². The molecule has 1 amide bonds. The molecular formula is C18H15Cl2NO5. The fraction of sp³-hybridized carbons (Fsp3) is 0.222. The lowest BCUT2D eigenvalue weighted by molar-refractivity contribution is -0.119.